The molecule has 0 spiro atoms. The summed E-state index contributed by atoms with van der Waals surface area (Å²) >= 11 is 1.61. The second-order valence-electron chi connectivity index (χ2n) is 7.04. The Hall–Kier alpha value is -3.54. The van der Waals surface area contributed by atoms with Crippen molar-refractivity contribution in [2.75, 3.05) is 11.1 Å². The van der Waals surface area contributed by atoms with Crippen LogP contribution in [0.2, 0.25) is 0 Å². The van der Waals surface area contributed by atoms with Crippen LogP contribution in [-0.2, 0) is 11.0 Å². The topological polar surface area (TPSA) is 81.4 Å². The van der Waals surface area contributed by atoms with Crippen LogP contribution in [0.3, 0.4) is 0 Å². The van der Waals surface area contributed by atoms with Crippen molar-refractivity contribution in [2.45, 2.75) is 6.42 Å². The molecule has 0 aliphatic heterocycles. The lowest BCUT2D eigenvalue weighted by Gasteiger charge is -2.11. The van der Waals surface area contributed by atoms with E-state index in [0.29, 0.717) is 34.7 Å². The molecule has 0 aliphatic rings. The number of nitrogens with two attached hydrogens (primary N) is 1. The summed E-state index contributed by atoms with van der Waals surface area (Å²) in [5, 5.41) is 4.86. The van der Waals surface area contributed by atoms with Gasteiger partial charge in [0.15, 0.2) is 5.75 Å². The van der Waals surface area contributed by atoms with E-state index in [1.165, 1.54) is 18.2 Å². The third-order valence-corrected chi connectivity index (χ3v) is 6.11. The molecule has 0 aliphatic carbocycles. The Labute approximate surface area is 190 Å². The first kappa shape index (κ1) is 21.7. The summed E-state index contributed by atoms with van der Waals surface area (Å²) in [6, 6.07) is 20.5. The molecular formula is C24H19FN2O3PS+. The Kier molecular flexibility index (Phi) is 6.59. The fraction of sp³-hybridized carbons (Fsp3) is 0.0417. The number of halogens is 1. The number of thiophene rings is 1. The summed E-state index contributed by atoms with van der Waals surface area (Å²) < 4.78 is 29.5. The highest BCUT2D eigenvalue weighted by Gasteiger charge is 2.13. The van der Waals surface area contributed by atoms with Gasteiger partial charge in [-0.3, -0.25) is 9.32 Å². The number of amides is 1. The molecule has 1 heterocycles. The Balaban J connectivity index is 1.49. The zero-order valence-corrected chi connectivity index (χ0v) is 18.6. The predicted molar refractivity (Wildman–Crippen MR) is 127 cm³/mol. The average molecular weight is 465 g/mol. The first-order valence-corrected chi connectivity index (χ1v) is 11.4. The molecule has 1 unspecified atom stereocenters. The molecule has 0 saturated heterocycles. The standard InChI is InChI=1S/C24H18FN2O3PS/c25-19-8-10-22(30-31-29)18(13-19)12-15-3-5-16(6-4-15)24(28)27-21-14-17(7-9-20(21)26)23-2-1-11-32-23/h1-11,13-14,31H,12,26H2/p+1. The molecule has 160 valence electrons. The maximum absolute atomic E-state index is 13.6. The van der Waals surface area contributed by atoms with Crippen LogP contribution in [-0.4, -0.2) is 5.91 Å². The lowest BCUT2D eigenvalue weighted by atomic mass is 10.0. The lowest BCUT2D eigenvalue weighted by Crippen LogP contribution is -2.13. The first-order valence-electron chi connectivity index (χ1n) is 9.69. The van der Waals surface area contributed by atoms with Gasteiger partial charge in [0.25, 0.3) is 5.91 Å². The van der Waals surface area contributed by atoms with Crippen molar-refractivity contribution in [3.63, 3.8) is 0 Å². The van der Waals surface area contributed by atoms with E-state index in [9.17, 15) is 13.8 Å². The van der Waals surface area contributed by atoms with E-state index < -0.39 is 14.5 Å². The predicted octanol–water partition coefficient (Wildman–Crippen LogP) is 6.30. The van der Waals surface area contributed by atoms with Gasteiger partial charge in [-0.1, -0.05) is 24.3 Å². The quantitative estimate of drug-likeness (QED) is 0.248. The zero-order valence-electron chi connectivity index (χ0n) is 16.8. The number of benzene rings is 3. The Bertz CT molecular complexity index is 1260. The number of anilines is 2. The van der Waals surface area contributed by atoms with E-state index in [0.717, 1.165) is 16.0 Å². The summed E-state index contributed by atoms with van der Waals surface area (Å²) in [5.74, 6) is -0.323. The van der Waals surface area contributed by atoms with Crippen LogP contribution in [0.25, 0.3) is 10.4 Å². The molecular weight excluding hydrogens is 446 g/mol. The molecule has 8 heteroatoms. The highest BCUT2D eigenvalue weighted by molar-refractivity contribution is 7.17. The number of nitrogen functional groups attached to an aromatic ring is 1. The first-order chi connectivity index (χ1) is 15.5. The van der Waals surface area contributed by atoms with Crippen molar-refractivity contribution in [3.8, 4) is 16.2 Å². The fourth-order valence-electron chi connectivity index (χ4n) is 3.28. The van der Waals surface area contributed by atoms with Crippen LogP contribution < -0.4 is 15.6 Å². The largest absolute Gasteiger partial charge is 0.542 e. The second kappa shape index (κ2) is 9.73. The second-order valence-corrected chi connectivity index (χ2v) is 8.36. The molecule has 3 aromatic carbocycles. The van der Waals surface area contributed by atoms with E-state index in [1.54, 1.807) is 41.7 Å². The fourth-order valence-corrected chi connectivity index (χ4v) is 4.29. The van der Waals surface area contributed by atoms with Crippen molar-refractivity contribution in [2.24, 2.45) is 0 Å². The van der Waals surface area contributed by atoms with Gasteiger partial charge in [-0.05, 0) is 69.6 Å². The number of hydrogen-bond acceptors (Lipinski definition) is 5. The van der Waals surface area contributed by atoms with Crippen molar-refractivity contribution < 1.29 is 18.3 Å². The van der Waals surface area contributed by atoms with E-state index >= 15 is 0 Å². The van der Waals surface area contributed by atoms with Crippen molar-refractivity contribution >= 4 is 37.3 Å². The highest BCUT2D eigenvalue weighted by Crippen LogP contribution is 2.30. The third-order valence-electron chi connectivity index (χ3n) is 4.89. The summed E-state index contributed by atoms with van der Waals surface area (Å²) in [4.78, 5) is 13.8. The van der Waals surface area contributed by atoms with E-state index in [1.807, 2.05) is 29.6 Å². The Morgan fingerprint density at radius 1 is 1.06 bits per heavy atom. The highest BCUT2D eigenvalue weighted by atomic mass is 32.1. The monoisotopic (exact) mass is 465 g/mol. The third kappa shape index (κ3) is 5.02. The van der Waals surface area contributed by atoms with Gasteiger partial charge in [0, 0.05) is 22.4 Å². The lowest BCUT2D eigenvalue weighted by molar-refractivity contribution is 0.102. The molecule has 32 heavy (non-hydrogen) atoms. The molecule has 0 radical (unpaired) electrons. The minimum atomic E-state index is -0.975. The molecule has 5 nitrogen and oxygen atoms in total. The summed E-state index contributed by atoms with van der Waals surface area (Å²) in [7, 11) is -0.975. The van der Waals surface area contributed by atoms with Gasteiger partial charge in [0.2, 0.25) is 0 Å². The molecule has 0 bridgehead atoms. The van der Waals surface area contributed by atoms with E-state index in [2.05, 4.69) is 5.32 Å². The molecule has 4 rings (SSSR count). The van der Waals surface area contributed by atoms with Gasteiger partial charge in [0.05, 0.1) is 11.4 Å². The number of rotatable bonds is 7. The number of hydrogen-bond donors (Lipinski definition) is 2. The van der Waals surface area contributed by atoms with Gasteiger partial charge in [0.1, 0.15) is 5.82 Å². The van der Waals surface area contributed by atoms with Crippen molar-refractivity contribution in [1.82, 2.24) is 0 Å². The normalized spacial score (nSPS) is 10.8. The molecule has 0 saturated carbocycles. The molecule has 1 amide bonds. The van der Waals surface area contributed by atoms with Crippen molar-refractivity contribution in [3.05, 3.63) is 101 Å². The molecule has 1 aromatic heterocycles. The van der Waals surface area contributed by atoms with E-state index in [-0.39, 0.29) is 5.91 Å². The average Bonchev–Trinajstić information content (AvgIpc) is 3.33. The maximum atomic E-state index is 13.6. The molecule has 1 atom stereocenters. The van der Waals surface area contributed by atoms with Crippen LogP contribution in [0.1, 0.15) is 21.5 Å². The van der Waals surface area contributed by atoms with Crippen LogP contribution in [0.15, 0.2) is 78.2 Å². The van der Waals surface area contributed by atoms with Gasteiger partial charge < -0.3 is 11.1 Å². The van der Waals surface area contributed by atoms with E-state index in [4.69, 9.17) is 10.3 Å². The summed E-state index contributed by atoms with van der Waals surface area (Å²) in [5.41, 5.74) is 9.95. The van der Waals surface area contributed by atoms with Crippen molar-refractivity contribution in [1.29, 1.82) is 0 Å². The maximum Gasteiger partial charge on any atom is 0.542 e. The van der Waals surface area contributed by atoms with Crippen LogP contribution in [0.4, 0.5) is 15.8 Å². The minimum Gasteiger partial charge on any atom is -0.397 e. The van der Waals surface area contributed by atoms with Crippen LogP contribution in [0, 0.1) is 5.82 Å². The number of nitrogens with one attached hydrogen (secondary N) is 1. The van der Waals surface area contributed by atoms with Gasteiger partial charge >= 0.3 is 8.69 Å². The Morgan fingerprint density at radius 2 is 1.88 bits per heavy atom. The van der Waals surface area contributed by atoms with Gasteiger partial charge in [-0.25, -0.2) is 4.39 Å². The molecule has 4 aromatic rings. The summed E-state index contributed by atoms with van der Waals surface area (Å²) in [6.07, 6.45) is 0.370. The van der Waals surface area contributed by atoms with Gasteiger partial charge in [-0.15, -0.1) is 11.3 Å². The zero-order chi connectivity index (χ0) is 22.5. The van der Waals surface area contributed by atoms with Crippen LogP contribution >= 0.6 is 20.0 Å². The number of carbonyl (C=O) groups is 1. The molecule has 3 N–H and O–H groups in total. The van der Waals surface area contributed by atoms with Crippen LogP contribution in [0.5, 0.6) is 5.75 Å². The summed E-state index contributed by atoms with van der Waals surface area (Å²) in [6.45, 7) is 0. The smallest absolute Gasteiger partial charge is 0.397 e. The minimum absolute atomic E-state index is 0.283. The Morgan fingerprint density at radius 3 is 2.59 bits per heavy atom. The SMILES string of the molecule is Nc1ccc(-c2cccs2)cc1NC(=O)c1ccc(Cc2cc(F)ccc2O[PH+]=O)cc1. The number of carbonyl (C=O) groups excluding carboxylic acids is 1. The van der Waals surface area contributed by atoms with Gasteiger partial charge in [-0.2, -0.15) is 0 Å². The molecule has 0 fully saturated rings.